The second kappa shape index (κ2) is 48.4. The molecular formula is C54H103NO5. The summed E-state index contributed by atoms with van der Waals surface area (Å²) in [5.41, 5.74) is 0. The Balaban J connectivity index is 4.37. The summed E-state index contributed by atoms with van der Waals surface area (Å²) >= 11 is 0. The molecule has 3 atom stereocenters. The van der Waals surface area contributed by atoms with Crippen molar-refractivity contribution >= 4 is 11.9 Å². The van der Waals surface area contributed by atoms with Gasteiger partial charge in [-0.1, -0.05) is 225 Å². The fourth-order valence-corrected chi connectivity index (χ4v) is 8.19. The van der Waals surface area contributed by atoms with E-state index in [1.54, 1.807) is 0 Å². The quantitative estimate of drug-likeness (QED) is 0.0322. The number of nitrogens with one attached hydrogen (secondary N) is 1. The summed E-state index contributed by atoms with van der Waals surface area (Å²) in [4.78, 5) is 26.0. The minimum Gasteiger partial charge on any atom is -0.462 e. The maximum absolute atomic E-state index is 13.2. The van der Waals surface area contributed by atoms with Crippen molar-refractivity contribution in [2.24, 2.45) is 0 Å². The van der Waals surface area contributed by atoms with Gasteiger partial charge in [0.1, 0.15) is 6.10 Å². The van der Waals surface area contributed by atoms with E-state index < -0.39 is 18.2 Å². The lowest BCUT2D eigenvalue weighted by Crippen LogP contribution is -2.46. The summed E-state index contributed by atoms with van der Waals surface area (Å²) in [5.74, 6) is -0.492. The van der Waals surface area contributed by atoms with Crippen LogP contribution in [0, 0.1) is 0 Å². The molecule has 0 aromatic carbocycles. The molecule has 0 aromatic heterocycles. The van der Waals surface area contributed by atoms with Crippen LogP contribution in [0.3, 0.4) is 0 Å². The first-order valence-corrected chi connectivity index (χ1v) is 26.6. The standard InChI is InChI=1S/C54H103NO5/c1-4-7-10-13-16-19-21-23-25-26-27-29-31-33-35-38-41-44-47-54(59)60-50(45-42-39-36-18-15-12-9-6-3)48-53(58)55-51(49-56)52(57)46-43-40-37-34-32-30-28-24-22-20-17-14-11-8-5-2/h12,15,27,29,50-52,56-57H,4-11,13-14,16-26,28,30-49H2,1-3H3,(H,55,58)/b15-12-,29-27+. The van der Waals surface area contributed by atoms with Gasteiger partial charge in [0.25, 0.3) is 0 Å². The molecule has 0 fully saturated rings. The molecule has 6 nitrogen and oxygen atoms in total. The molecule has 0 aliphatic carbocycles. The van der Waals surface area contributed by atoms with E-state index in [1.165, 1.54) is 161 Å². The van der Waals surface area contributed by atoms with Gasteiger partial charge in [-0.3, -0.25) is 9.59 Å². The Kier molecular flexibility index (Phi) is 47.0. The van der Waals surface area contributed by atoms with Crippen molar-refractivity contribution < 1.29 is 24.5 Å². The van der Waals surface area contributed by atoms with Crippen LogP contribution in [0.4, 0.5) is 0 Å². The number of carbonyl (C=O) groups excluding carboxylic acids is 2. The van der Waals surface area contributed by atoms with Crippen molar-refractivity contribution in [1.82, 2.24) is 5.32 Å². The maximum Gasteiger partial charge on any atom is 0.306 e. The van der Waals surface area contributed by atoms with Gasteiger partial charge in [-0.05, 0) is 70.6 Å². The molecule has 0 heterocycles. The van der Waals surface area contributed by atoms with Crippen molar-refractivity contribution in [3.8, 4) is 0 Å². The number of hydrogen-bond acceptors (Lipinski definition) is 5. The Hall–Kier alpha value is -1.66. The van der Waals surface area contributed by atoms with Crippen LogP contribution >= 0.6 is 0 Å². The minimum atomic E-state index is -0.789. The lowest BCUT2D eigenvalue weighted by Gasteiger charge is -2.24. The fourth-order valence-electron chi connectivity index (χ4n) is 8.19. The topological polar surface area (TPSA) is 95.9 Å². The Labute approximate surface area is 373 Å². The van der Waals surface area contributed by atoms with Gasteiger partial charge in [-0.25, -0.2) is 0 Å². The molecule has 1 amide bonds. The molecule has 0 aliphatic rings. The average Bonchev–Trinajstić information content (AvgIpc) is 3.24. The number of carbonyl (C=O) groups is 2. The summed E-state index contributed by atoms with van der Waals surface area (Å²) in [5, 5.41) is 23.7. The normalized spacial score (nSPS) is 13.3. The van der Waals surface area contributed by atoms with Crippen LogP contribution in [0.5, 0.6) is 0 Å². The molecule has 0 bridgehead atoms. The third-order valence-corrected chi connectivity index (χ3v) is 12.2. The zero-order valence-electron chi connectivity index (χ0n) is 40.4. The summed E-state index contributed by atoms with van der Waals surface area (Å²) in [6, 6.07) is -0.703. The predicted molar refractivity (Wildman–Crippen MR) is 260 cm³/mol. The summed E-state index contributed by atoms with van der Waals surface area (Å²) in [6.45, 7) is 6.43. The number of ether oxygens (including phenoxy) is 1. The number of amides is 1. The number of hydrogen-bond donors (Lipinski definition) is 3. The van der Waals surface area contributed by atoms with E-state index in [9.17, 15) is 19.8 Å². The zero-order valence-corrected chi connectivity index (χ0v) is 40.4. The van der Waals surface area contributed by atoms with Gasteiger partial charge in [-0.2, -0.15) is 0 Å². The second-order valence-corrected chi connectivity index (χ2v) is 18.3. The van der Waals surface area contributed by atoms with Crippen molar-refractivity contribution in [1.29, 1.82) is 0 Å². The van der Waals surface area contributed by atoms with Gasteiger partial charge in [0.05, 0.1) is 25.2 Å². The minimum absolute atomic E-state index is 0.0664. The molecule has 60 heavy (non-hydrogen) atoms. The second-order valence-electron chi connectivity index (χ2n) is 18.3. The van der Waals surface area contributed by atoms with E-state index in [0.717, 1.165) is 77.0 Å². The van der Waals surface area contributed by atoms with Crippen molar-refractivity contribution in [3.05, 3.63) is 24.3 Å². The van der Waals surface area contributed by atoms with Gasteiger partial charge < -0.3 is 20.3 Å². The monoisotopic (exact) mass is 846 g/mol. The highest BCUT2D eigenvalue weighted by Gasteiger charge is 2.24. The van der Waals surface area contributed by atoms with Crippen molar-refractivity contribution in [2.75, 3.05) is 6.61 Å². The maximum atomic E-state index is 13.2. The van der Waals surface area contributed by atoms with Crippen molar-refractivity contribution in [2.45, 2.75) is 302 Å². The average molecular weight is 846 g/mol. The lowest BCUT2D eigenvalue weighted by atomic mass is 10.0. The number of allylic oxidation sites excluding steroid dienone is 4. The smallest absolute Gasteiger partial charge is 0.306 e. The van der Waals surface area contributed by atoms with Gasteiger partial charge in [-0.15, -0.1) is 0 Å². The first-order valence-electron chi connectivity index (χ1n) is 26.6. The Bertz CT molecular complexity index is 950. The van der Waals surface area contributed by atoms with Gasteiger partial charge >= 0.3 is 5.97 Å². The van der Waals surface area contributed by atoms with E-state index in [2.05, 4.69) is 50.4 Å². The van der Waals surface area contributed by atoms with E-state index in [0.29, 0.717) is 19.3 Å². The molecule has 0 aromatic rings. The third kappa shape index (κ3) is 43.0. The molecule has 6 heteroatoms. The Morgan fingerprint density at radius 3 is 1.27 bits per heavy atom. The highest BCUT2D eigenvalue weighted by Crippen LogP contribution is 2.18. The van der Waals surface area contributed by atoms with E-state index in [4.69, 9.17) is 4.74 Å². The molecular weight excluding hydrogens is 743 g/mol. The summed E-state index contributed by atoms with van der Waals surface area (Å²) < 4.78 is 5.90. The molecule has 0 aliphatic heterocycles. The van der Waals surface area contributed by atoms with Crippen LogP contribution < -0.4 is 5.32 Å². The predicted octanol–water partition coefficient (Wildman–Crippen LogP) is 15.9. The fraction of sp³-hybridized carbons (Fsp3) is 0.889. The Morgan fingerprint density at radius 1 is 0.467 bits per heavy atom. The SMILES string of the molecule is CCC/C=C\CCCCCC(CC(=O)NC(CO)C(O)CCCCCCCCCCCCCCCCC)OC(=O)CCCCCCC/C=C/CCCCCCCCCCC. The van der Waals surface area contributed by atoms with Crippen LogP contribution in [-0.4, -0.2) is 46.9 Å². The van der Waals surface area contributed by atoms with Crippen LogP contribution in [0.1, 0.15) is 284 Å². The molecule has 3 unspecified atom stereocenters. The summed E-state index contributed by atoms with van der Waals surface area (Å²) in [6.07, 6.45) is 55.4. The van der Waals surface area contributed by atoms with Crippen molar-refractivity contribution in [3.63, 3.8) is 0 Å². The van der Waals surface area contributed by atoms with Crippen LogP contribution in [0.2, 0.25) is 0 Å². The highest BCUT2D eigenvalue weighted by molar-refractivity contribution is 5.77. The van der Waals surface area contributed by atoms with E-state index in [-0.39, 0.29) is 24.9 Å². The number of unbranched alkanes of at least 4 members (excludes halogenated alkanes) is 32. The Morgan fingerprint density at radius 2 is 0.833 bits per heavy atom. The van der Waals surface area contributed by atoms with Gasteiger partial charge in [0.15, 0.2) is 0 Å². The molecule has 0 saturated carbocycles. The molecule has 3 N–H and O–H groups in total. The third-order valence-electron chi connectivity index (χ3n) is 12.2. The zero-order chi connectivity index (χ0) is 43.8. The molecule has 0 saturated heterocycles. The van der Waals surface area contributed by atoms with E-state index in [1.807, 2.05) is 0 Å². The van der Waals surface area contributed by atoms with Crippen LogP contribution in [-0.2, 0) is 14.3 Å². The highest BCUT2D eigenvalue weighted by atomic mass is 16.5. The molecule has 354 valence electrons. The van der Waals surface area contributed by atoms with Gasteiger partial charge in [0.2, 0.25) is 5.91 Å². The number of rotatable bonds is 48. The number of esters is 1. The van der Waals surface area contributed by atoms with Crippen LogP contribution in [0.25, 0.3) is 0 Å². The molecule has 0 spiro atoms. The summed E-state index contributed by atoms with van der Waals surface area (Å²) in [7, 11) is 0. The largest absolute Gasteiger partial charge is 0.462 e. The van der Waals surface area contributed by atoms with Crippen LogP contribution in [0.15, 0.2) is 24.3 Å². The molecule has 0 radical (unpaired) electrons. The van der Waals surface area contributed by atoms with E-state index >= 15 is 0 Å². The lowest BCUT2D eigenvalue weighted by molar-refractivity contribution is -0.151. The first-order chi connectivity index (χ1) is 29.5. The molecule has 0 rings (SSSR count). The number of aliphatic hydroxyl groups is 2. The first kappa shape index (κ1) is 58.3. The number of aliphatic hydroxyl groups excluding tert-OH is 2. The van der Waals surface area contributed by atoms with Gasteiger partial charge in [0, 0.05) is 6.42 Å².